The Morgan fingerprint density at radius 1 is 1.26 bits per heavy atom. The topological polar surface area (TPSA) is 9.23 Å². The molecule has 1 aromatic carbocycles. The quantitative estimate of drug-likeness (QED) is 0.512. The summed E-state index contributed by atoms with van der Waals surface area (Å²) in [4.78, 5) is 0. The van der Waals surface area contributed by atoms with Gasteiger partial charge in [-0.3, -0.25) is 0 Å². The van der Waals surface area contributed by atoms with Crippen LogP contribution in [-0.4, -0.2) is 12.7 Å². The van der Waals surface area contributed by atoms with Gasteiger partial charge in [-0.1, -0.05) is 62.6 Å². The molecule has 1 aliphatic rings. The first-order valence-corrected chi connectivity index (χ1v) is 7.63. The first kappa shape index (κ1) is 14.3. The van der Waals surface area contributed by atoms with Gasteiger partial charge in [0.2, 0.25) is 0 Å². The summed E-state index contributed by atoms with van der Waals surface area (Å²) in [6.45, 7) is 7.17. The summed E-state index contributed by atoms with van der Waals surface area (Å²) >= 11 is 0. The standard InChI is InChI=1S/C18H26O/c1-3-5-7-12-18-17(4-2)16(14-19-18)13-15-10-8-6-9-11-15/h4,6,8-11,16-18H,2-3,5,7,12-14H2,1H3/t16-,17+,18+/m1/s1. The first-order chi connectivity index (χ1) is 9.35. The Balaban J connectivity index is 1.90. The lowest BCUT2D eigenvalue weighted by Crippen LogP contribution is -2.19. The predicted octanol–water partition coefficient (Wildman–Crippen LogP) is 4.63. The molecule has 2 rings (SSSR count). The lowest BCUT2D eigenvalue weighted by Gasteiger charge is -2.19. The van der Waals surface area contributed by atoms with Crippen molar-refractivity contribution in [2.24, 2.45) is 11.8 Å². The molecule has 104 valence electrons. The Kier molecular flexibility index (Phi) is 5.65. The fourth-order valence-corrected chi connectivity index (χ4v) is 3.10. The van der Waals surface area contributed by atoms with Crippen LogP contribution in [0, 0.1) is 11.8 Å². The van der Waals surface area contributed by atoms with E-state index in [1.54, 1.807) is 0 Å². The van der Waals surface area contributed by atoms with E-state index in [-0.39, 0.29) is 0 Å². The fraction of sp³-hybridized carbons (Fsp3) is 0.556. The van der Waals surface area contributed by atoms with E-state index < -0.39 is 0 Å². The van der Waals surface area contributed by atoms with E-state index in [4.69, 9.17) is 4.74 Å². The van der Waals surface area contributed by atoms with Crippen LogP contribution in [0.5, 0.6) is 0 Å². The maximum Gasteiger partial charge on any atom is 0.0641 e. The van der Waals surface area contributed by atoms with E-state index in [2.05, 4.69) is 49.9 Å². The molecular formula is C18H26O. The van der Waals surface area contributed by atoms with Crippen molar-refractivity contribution in [3.63, 3.8) is 0 Å². The average molecular weight is 258 g/mol. The van der Waals surface area contributed by atoms with E-state index in [1.807, 2.05) is 0 Å². The van der Waals surface area contributed by atoms with E-state index in [0.29, 0.717) is 17.9 Å². The van der Waals surface area contributed by atoms with Gasteiger partial charge in [0.05, 0.1) is 12.7 Å². The molecule has 1 fully saturated rings. The second-order valence-corrected chi connectivity index (χ2v) is 5.63. The zero-order valence-electron chi connectivity index (χ0n) is 12.1. The lowest BCUT2D eigenvalue weighted by molar-refractivity contribution is 0.0883. The SMILES string of the molecule is C=C[C@H]1[C@H](Cc2ccccc2)CO[C@H]1CCCCC. The zero-order valence-corrected chi connectivity index (χ0v) is 12.1. The molecule has 1 nitrogen and oxygen atoms in total. The minimum absolute atomic E-state index is 0.401. The van der Waals surface area contributed by atoms with E-state index in [9.17, 15) is 0 Å². The Bertz CT molecular complexity index is 371. The molecule has 0 bridgehead atoms. The minimum Gasteiger partial charge on any atom is -0.377 e. The maximum absolute atomic E-state index is 6.02. The number of benzene rings is 1. The summed E-state index contributed by atoms with van der Waals surface area (Å²) in [5.41, 5.74) is 1.41. The second kappa shape index (κ2) is 7.49. The van der Waals surface area contributed by atoms with Crippen LogP contribution < -0.4 is 0 Å². The molecule has 0 N–H and O–H groups in total. The van der Waals surface area contributed by atoms with Gasteiger partial charge in [-0.05, 0) is 24.3 Å². The summed E-state index contributed by atoms with van der Waals surface area (Å²) < 4.78 is 6.02. The number of hydrogen-bond donors (Lipinski definition) is 0. The van der Waals surface area contributed by atoms with Crippen LogP contribution >= 0.6 is 0 Å². The Hall–Kier alpha value is -1.08. The second-order valence-electron chi connectivity index (χ2n) is 5.63. The van der Waals surface area contributed by atoms with E-state index in [0.717, 1.165) is 13.0 Å². The third-order valence-electron chi connectivity index (χ3n) is 4.20. The number of unbranched alkanes of at least 4 members (excludes halogenated alkanes) is 2. The zero-order chi connectivity index (χ0) is 13.5. The number of ether oxygens (including phenoxy) is 1. The highest BCUT2D eigenvalue weighted by atomic mass is 16.5. The molecule has 3 atom stereocenters. The molecule has 0 unspecified atom stereocenters. The third-order valence-corrected chi connectivity index (χ3v) is 4.20. The molecule has 0 saturated carbocycles. The Morgan fingerprint density at radius 3 is 2.74 bits per heavy atom. The van der Waals surface area contributed by atoms with Crippen LogP contribution in [0.1, 0.15) is 38.2 Å². The molecule has 0 amide bonds. The fourth-order valence-electron chi connectivity index (χ4n) is 3.10. The smallest absolute Gasteiger partial charge is 0.0641 e. The molecular weight excluding hydrogens is 232 g/mol. The van der Waals surface area contributed by atoms with Gasteiger partial charge < -0.3 is 4.74 Å². The molecule has 0 aromatic heterocycles. The highest BCUT2D eigenvalue weighted by molar-refractivity contribution is 5.16. The van der Waals surface area contributed by atoms with Crippen molar-refractivity contribution >= 4 is 0 Å². The number of hydrogen-bond acceptors (Lipinski definition) is 1. The van der Waals surface area contributed by atoms with Crippen molar-refractivity contribution in [1.29, 1.82) is 0 Å². The molecule has 1 heterocycles. The third kappa shape index (κ3) is 3.94. The monoisotopic (exact) mass is 258 g/mol. The lowest BCUT2D eigenvalue weighted by atomic mass is 9.84. The molecule has 1 heteroatoms. The Labute approximate surface area is 117 Å². The largest absolute Gasteiger partial charge is 0.377 e. The molecule has 0 spiro atoms. The van der Waals surface area contributed by atoms with Crippen LogP contribution in [0.25, 0.3) is 0 Å². The van der Waals surface area contributed by atoms with Crippen molar-refractivity contribution in [2.45, 2.75) is 45.1 Å². The molecule has 19 heavy (non-hydrogen) atoms. The van der Waals surface area contributed by atoms with Crippen LogP contribution in [0.3, 0.4) is 0 Å². The summed E-state index contributed by atoms with van der Waals surface area (Å²) in [7, 11) is 0. The Morgan fingerprint density at radius 2 is 2.05 bits per heavy atom. The maximum atomic E-state index is 6.02. The van der Waals surface area contributed by atoms with Gasteiger partial charge in [-0.15, -0.1) is 6.58 Å². The van der Waals surface area contributed by atoms with Crippen LogP contribution in [0.15, 0.2) is 43.0 Å². The van der Waals surface area contributed by atoms with Crippen molar-refractivity contribution in [3.05, 3.63) is 48.6 Å². The van der Waals surface area contributed by atoms with Gasteiger partial charge in [0.15, 0.2) is 0 Å². The molecule has 0 aliphatic carbocycles. The van der Waals surface area contributed by atoms with Gasteiger partial charge in [-0.2, -0.15) is 0 Å². The molecule has 0 radical (unpaired) electrons. The van der Waals surface area contributed by atoms with Crippen LogP contribution in [0.4, 0.5) is 0 Å². The highest BCUT2D eigenvalue weighted by Gasteiger charge is 2.34. The summed E-state index contributed by atoms with van der Waals surface area (Å²) in [5, 5.41) is 0. The summed E-state index contributed by atoms with van der Waals surface area (Å²) in [6.07, 6.45) is 8.70. The van der Waals surface area contributed by atoms with Gasteiger partial charge in [-0.25, -0.2) is 0 Å². The van der Waals surface area contributed by atoms with Crippen molar-refractivity contribution in [2.75, 3.05) is 6.61 Å². The summed E-state index contributed by atoms with van der Waals surface area (Å²) in [6, 6.07) is 10.7. The molecule has 1 saturated heterocycles. The van der Waals surface area contributed by atoms with Gasteiger partial charge in [0.25, 0.3) is 0 Å². The van der Waals surface area contributed by atoms with Crippen LogP contribution in [-0.2, 0) is 11.2 Å². The van der Waals surface area contributed by atoms with E-state index >= 15 is 0 Å². The average Bonchev–Trinajstić information content (AvgIpc) is 2.82. The minimum atomic E-state index is 0.401. The van der Waals surface area contributed by atoms with Gasteiger partial charge in [0.1, 0.15) is 0 Å². The highest BCUT2D eigenvalue weighted by Crippen LogP contribution is 2.33. The normalized spacial score (nSPS) is 26.5. The van der Waals surface area contributed by atoms with Gasteiger partial charge in [0, 0.05) is 5.92 Å². The predicted molar refractivity (Wildman–Crippen MR) is 81.2 cm³/mol. The van der Waals surface area contributed by atoms with Crippen molar-refractivity contribution in [1.82, 2.24) is 0 Å². The summed E-state index contributed by atoms with van der Waals surface area (Å²) in [5.74, 6) is 1.13. The van der Waals surface area contributed by atoms with E-state index in [1.165, 1.54) is 31.2 Å². The molecule has 1 aromatic rings. The number of rotatable bonds is 7. The van der Waals surface area contributed by atoms with Crippen molar-refractivity contribution < 1.29 is 4.74 Å². The van der Waals surface area contributed by atoms with Crippen LogP contribution in [0.2, 0.25) is 0 Å². The molecule has 1 aliphatic heterocycles. The first-order valence-electron chi connectivity index (χ1n) is 7.63. The van der Waals surface area contributed by atoms with Crippen molar-refractivity contribution in [3.8, 4) is 0 Å². The van der Waals surface area contributed by atoms with Gasteiger partial charge >= 0.3 is 0 Å².